The molecule has 0 bridgehead atoms. The largest absolute Gasteiger partial charge is 0.488 e. The average Bonchev–Trinajstić information content (AvgIpc) is 3.15. The summed E-state index contributed by atoms with van der Waals surface area (Å²) in [5.41, 5.74) is 2.14. The molecular weight excluding hydrogens is 476 g/mol. The Bertz CT molecular complexity index is 1530. The fourth-order valence-electron chi connectivity index (χ4n) is 4.03. The number of benzene rings is 4. The van der Waals surface area contributed by atoms with Crippen LogP contribution in [0.15, 0.2) is 95.9 Å². The van der Waals surface area contributed by atoms with Crippen LogP contribution in [0.4, 0.5) is 10.5 Å². The molecule has 0 N–H and O–H groups in total. The number of hydrogen-bond acceptors (Lipinski definition) is 6. The highest BCUT2D eigenvalue weighted by molar-refractivity contribution is 8.18. The van der Waals surface area contributed by atoms with E-state index in [4.69, 9.17) is 4.74 Å². The van der Waals surface area contributed by atoms with Crippen molar-refractivity contribution in [2.45, 2.75) is 13.2 Å². The lowest BCUT2D eigenvalue weighted by atomic mass is 10.1. The zero-order chi connectivity index (χ0) is 25.1. The summed E-state index contributed by atoms with van der Waals surface area (Å²) in [6, 6.07) is 27.4. The zero-order valence-electron chi connectivity index (χ0n) is 19.0. The van der Waals surface area contributed by atoms with Gasteiger partial charge in [-0.3, -0.25) is 24.6 Å². The molecule has 1 saturated heterocycles. The van der Waals surface area contributed by atoms with E-state index in [2.05, 4.69) is 18.2 Å². The number of carbonyl (C=O) groups excluding carboxylic acids is 2. The quantitative estimate of drug-likeness (QED) is 0.163. The summed E-state index contributed by atoms with van der Waals surface area (Å²) in [6.07, 6.45) is 1.65. The first-order chi connectivity index (χ1) is 17.5. The summed E-state index contributed by atoms with van der Waals surface area (Å²) in [7, 11) is 0. The van der Waals surface area contributed by atoms with Crippen molar-refractivity contribution in [2.24, 2.45) is 0 Å². The molecule has 1 heterocycles. The van der Waals surface area contributed by atoms with Crippen molar-refractivity contribution in [3.63, 3.8) is 0 Å². The summed E-state index contributed by atoms with van der Waals surface area (Å²) in [4.78, 5) is 37.5. The molecule has 0 saturated carbocycles. The van der Waals surface area contributed by atoms with Crippen molar-refractivity contribution in [3.05, 3.63) is 123 Å². The minimum Gasteiger partial charge on any atom is -0.488 e. The van der Waals surface area contributed by atoms with E-state index < -0.39 is 16.1 Å². The van der Waals surface area contributed by atoms with E-state index in [1.165, 1.54) is 18.2 Å². The lowest BCUT2D eigenvalue weighted by molar-refractivity contribution is -0.384. The van der Waals surface area contributed by atoms with E-state index in [-0.39, 0.29) is 17.1 Å². The van der Waals surface area contributed by atoms with Crippen molar-refractivity contribution in [2.75, 3.05) is 0 Å². The number of rotatable bonds is 7. The molecule has 0 aliphatic carbocycles. The number of nitro groups is 1. The number of fused-ring (bicyclic) bond motifs is 1. The van der Waals surface area contributed by atoms with Crippen LogP contribution in [0.1, 0.15) is 16.7 Å². The van der Waals surface area contributed by atoms with Gasteiger partial charge in [-0.2, -0.15) is 0 Å². The minimum atomic E-state index is -0.508. The van der Waals surface area contributed by atoms with Crippen LogP contribution in [0.5, 0.6) is 5.75 Å². The summed E-state index contributed by atoms with van der Waals surface area (Å²) >= 11 is 0.841. The Labute approximate surface area is 211 Å². The number of para-hydroxylation sites is 1. The third kappa shape index (κ3) is 4.85. The third-order valence-corrected chi connectivity index (χ3v) is 6.71. The normalized spacial score (nSPS) is 14.6. The molecule has 0 radical (unpaired) electrons. The van der Waals surface area contributed by atoms with Crippen LogP contribution in [0, 0.1) is 10.1 Å². The molecule has 0 unspecified atom stereocenters. The second kappa shape index (κ2) is 10.1. The molecule has 5 rings (SSSR count). The Morgan fingerprint density at radius 3 is 2.53 bits per heavy atom. The minimum absolute atomic E-state index is 0.0388. The molecule has 0 spiro atoms. The molecule has 1 aliphatic heterocycles. The van der Waals surface area contributed by atoms with E-state index in [1.807, 2.05) is 48.5 Å². The molecular formula is C28H20N2O5S. The Morgan fingerprint density at radius 2 is 1.67 bits per heavy atom. The van der Waals surface area contributed by atoms with Gasteiger partial charge >= 0.3 is 0 Å². The summed E-state index contributed by atoms with van der Waals surface area (Å²) < 4.78 is 6.13. The van der Waals surface area contributed by atoms with Crippen molar-refractivity contribution in [1.29, 1.82) is 0 Å². The smallest absolute Gasteiger partial charge is 0.293 e. The van der Waals surface area contributed by atoms with E-state index >= 15 is 0 Å². The first kappa shape index (κ1) is 23.3. The fraction of sp³-hybridized carbons (Fsp3) is 0.0714. The number of ether oxygens (including phenoxy) is 1. The predicted octanol–water partition coefficient (Wildman–Crippen LogP) is 6.56. The van der Waals surface area contributed by atoms with Gasteiger partial charge in [0.2, 0.25) is 0 Å². The Morgan fingerprint density at radius 1 is 0.917 bits per heavy atom. The second-order valence-electron chi connectivity index (χ2n) is 8.16. The van der Waals surface area contributed by atoms with E-state index in [1.54, 1.807) is 12.1 Å². The maximum Gasteiger partial charge on any atom is 0.293 e. The Balaban J connectivity index is 1.35. The molecule has 7 nitrogen and oxygen atoms in total. The van der Waals surface area contributed by atoms with Crippen LogP contribution in [0.3, 0.4) is 0 Å². The van der Waals surface area contributed by atoms with Crippen LogP contribution in [-0.4, -0.2) is 21.0 Å². The summed E-state index contributed by atoms with van der Waals surface area (Å²) in [5, 5.41) is 12.9. The molecule has 1 aliphatic rings. The van der Waals surface area contributed by atoms with Crippen LogP contribution < -0.4 is 4.74 Å². The van der Waals surface area contributed by atoms with Crippen LogP contribution in [-0.2, 0) is 17.9 Å². The number of non-ortho nitro benzene ring substituents is 1. The van der Waals surface area contributed by atoms with Gasteiger partial charge in [0.25, 0.3) is 16.8 Å². The Kier molecular flexibility index (Phi) is 6.51. The van der Waals surface area contributed by atoms with Crippen LogP contribution in [0.2, 0.25) is 0 Å². The number of amides is 2. The molecule has 4 aromatic carbocycles. The Hall–Kier alpha value is -4.43. The maximum atomic E-state index is 13.0. The van der Waals surface area contributed by atoms with E-state index in [0.29, 0.717) is 23.5 Å². The molecule has 8 heteroatoms. The first-order valence-corrected chi connectivity index (χ1v) is 12.0. The molecule has 0 atom stereocenters. The number of thioether (sulfide) groups is 1. The molecule has 1 fully saturated rings. The van der Waals surface area contributed by atoms with Crippen molar-refractivity contribution < 1.29 is 19.2 Å². The lowest BCUT2D eigenvalue weighted by Crippen LogP contribution is -2.27. The molecule has 178 valence electrons. The first-order valence-electron chi connectivity index (χ1n) is 11.2. The summed E-state index contributed by atoms with van der Waals surface area (Å²) in [6.45, 7) is 0.309. The van der Waals surface area contributed by atoms with E-state index in [9.17, 15) is 19.7 Å². The number of nitrogens with zero attached hydrogens (tertiary/aromatic N) is 2. The zero-order valence-corrected chi connectivity index (χ0v) is 19.8. The average molecular weight is 497 g/mol. The van der Waals surface area contributed by atoms with Gasteiger partial charge < -0.3 is 4.74 Å². The van der Waals surface area contributed by atoms with Gasteiger partial charge in [0, 0.05) is 17.7 Å². The van der Waals surface area contributed by atoms with Crippen LogP contribution >= 0.6 is 11.8 Å². The molecule has 0 aromatic heterocycles. The van der Waals surface area contributed by atoms with Gasteiger partial charge in [-0.15, -0.1) is 0 Å². The van der Waals surface area contributed by atoms with Crippen molar-refractivity contribution in [1.82, 2.24) is 4.90 Å². The van der Waals surface area contributed by atoms with E-state index in [0.717, 1.165) is 33.0 Å². The molecule has 36 heavy (non-hydrogen) atoms. The molecule has 4 aromatic rings. The molecule has 2 amide bonds. The number of nitro benzene ring substituents is 1. The van der Waals surface area contributed by atoms with Gasteiger partial charge in [0.05, 0.1) is 16.4 Å². The highest BCUT2D eigenvalue weighted by Gasteiger charge is 2.35. The highest BCUT2D eigenvalue weighted by atomic mass is 32.2. The van der Waals surface area contributed by atoms with Gasteiger partial charge in [0.15, 0.2) is 0 Å². The highest BCUT2D eigenvalue weighted by Crippen LogP contribution is 2.35. The van der Waals surface area contributed by atoms with Crippen LogP contribution in [0.25, 0.3) is 16.8 Å². The third-order valence-electron chi connectivity index (χ3n) is 5.80. The predicted molar refractivity (Wildman–Crippen MR) is 139 cm³/mol. The van der Waals surface area contributed by atoms with Gasteiger partial charge in [-0.1, -0.05) is 72.8 Å². The maximum absolute atomic E-state index is 13.0. The standard InChI is InChI=1S/C28H20N2O5S/c31-27-26(36-28(32)29(27)17-19-7-5-12-23(15-19)30(33)34)16-21-9-2-4-14-25(21)35-18-22-11-6-10-20-8-1-3-13-24(20)22/h1-16H,17-18H2. The number of carbonyl (C=O) groups is 2. The monoisotopic (exact) mass is 496 g/mol. The second-order valence-corrected chi connectivity index (χ2v) is 9.15. The number of hydrogen-bond donors (Lipinski definition) is 0. The lowest BCUT2D eigenvalue weighted by Gasteiger charge is -2.13. The number of imide groups is 1. The van der Waals surface area contributed by atoms with Gasteiger partial charge in [0.1, 0.15) is 12.4 Å². The van der Waals surface area contributed by atoms with Crippen molar-refractivity contribution in [3.8, 4) is 5.75 Å². The fourth-order valence-corrected chi connectivity index (χ4v) is 4.86. The SMILES string of the molecule is O=C1SC(=Cc2ccccc2OCc2cccc3ccccc23)C(=O)N1Cc1cccc([N+](=O)[O-])c1. The van der Waals surface area contributed by atoms with Crippen molar-refractivity contribution >= 4 is 45.4 Å². The topological polar surface area (TPSA) is 89.8 Å². The van der Waals surface area contributed by atoms with Gasteiger partial charge in [-0.25, -0.2) is 0 Å². The summed E-state index contributed by atoms with van der Waals surface area (Å²) in [5.74, 6) is 0.149. The van der Waals surface area contributed by atoms with Gasteiger partial charge in [-0.05, 0) is 45.8 Å².